The first-order valence-electron chi connectivity index (χ1n) is 5.58. The molecule has 15 heavy (non-hydrogen) atoms. The first kappa shape index (κ1) is 10.0. The van der Waals surface area contributed by atoms with Gasteiger partial charge in [0.2, 0.25) is 0 Å². The molecule has 0 unspecified atom stereocenters. The predicted octanol–water partition coefficient (Wildman–Crippen LogP) is 3.17. The molecular weight excluding hydrogens is 186 g/mol. The Kier molecular flexibility index (Phi) is 3.22. The van der Waals surface area contributed by atoms with Crippen molar-refractivity contribution < 1.29 is 0 Å². The van der Waals surface area contributed by atoms with E-state index in [0.29, 0.717) is 0 Å². The molecule has 0 atom stereocenters. The minimum atomic E-state index is 1.03. The van der Waals surface area contributed by atoms with Crippen molar-refractivity contribution in [2.75, 3.05) is 11.9 Å². The van der Waals surface area contributed by atoms with E-state index in [-0.39, 0.29) is 0 Å². The molecule has 0 aliphatic heterocycles. The molecule has 0 radical (unpaired) electrons. The van der Waals surface area contributed by atoms with Gasteiger partial charge in [-0.15, -0.1) is 0 Å². The molecule has 0 saturated heterocycles. The largest absolute Gasteiger partial charge is 0.383 e. The van der Waals surface area contributed by atoms with Crippen LogP contribution in [-0.2, 0) is 0 Å². The maximum absolute atomic E-state index is 4.04. The number of rotatable bonds is 5. The standard InChI is InChI=1S/C12H17N3/c1-2-3-4-8-13-11-7-5-6-10-9-14-15-12(10)11/h5-7,9,13H,2-4,8H2,1H3,(H,14,15). The molecule has 3 heteroatoms. The second-order valence-electron chi connectivity index (χ2n) is 3.77. The molecule has 2 N–H and O–H groups in total. The van der Waals surface area contributed by atoms with Crippen LogP contribution in [0.2, 0.25) is 0 Å². The van der Waals surface area contributed by atoms with Crippen LogP contribution in [0.4, 0.5) is 5.69 Å². The molecule has 1 aromatic carbocycles. The van der Waals surface area contributed by atoms with E-state index in [2.05, 4.69) is 40.6 Å². The minimum Gasteiger partial charge on any atom is -0.383 e. The summed E-state index contributed by atoms with van der Waals surface area (Å²) in [6, 6.07) is 6.21. The SMILES string of the molecule is CCCCCNc1cccc2cn[nH]c12. The maximum Gasteiger partial charge on any atom is 0.0881 e. The summed E-state index contributed by atoms with van der Waals surface area (Å²) in [4.78, 5) is 0. The van der Waals surface area contributed by atoms with Gasteiger partial charge in [0.15, 0.2) is 0 Å². The number of H-pyrrole nitrogens is 1. The topological polar surface area (TPSA) is 40.7 Å². The summed E-state index contributed by atoms with van der Waals surface area (Å²) in [5.41, 5.74) is 2.26. The molecule has 0 aliphatic rings. The van der Waals surface area contributed by atoms with Gasteiger partial charge in [-0.05, 0) is 12.5 Å². The molecule has 1 aromatic heterocycles. The van der Waals surface area contributed by atoms with E-state index >= 15 is 0 Å². The average molecular weight is 203 g/mol. The Bertz CT molecular complexity index is 419. The van der Waals surface area contributed by atoms with Crippen LogP contribution in [-0.4, -0.2) is 16.7 Å². The lowest BCUT2D eigenvalue weighted by atomic mass is 10.2. The van der Waals surface area contributed by atoms with Gasteiger partial charge in [-0.25, -0.2) is 0 Å². The summed E-state index contributed by atoms with van der Waals surface area (Å²) in [6.07, 6.45) is 5.62. The fraction of sp³-hybridized carbons (Fsp3) is 0.417. The van der Waals surface area contributed by atoms with Crippen LogP contribution in [0.25, 0.3) is 10.9 Å². The molecule has 3 nitrogen and oxygen atoms in total. The zero-order valence-corrected chi connectivity index (χ0v) is 9.09. The van der Waals surface area contributed by atoms with E-state index in [1.54, 1.807) is 0 Å². The van der Waals surface area contributed by atoms with E-state index in [9.17, 15) is 0 Å². The Balaban J connectivity index is 2.04. The highest BCUT2D eigenvalue weighted by atomic mass is 15.1. The van der Waals surface area contributed by atoms with Gasteiger partial charge in [0.25, 0.3) is 0 Å². The molecule has 0 saturated carbocycles. The van der Waals surface area contributed by atoms with E-state index in [1.165, 1.54) is 19.3 Å². The molecule has 0 spiro atoms. The van der Waals surface area contributed by atoms with Crippen molar-refractivity contribution in [2.45, 2.75) is 26.2 Å². The monoisotopic (exact) mass is 203 g/mol. The summed E-state index contributed by atoms with van der Waals surface area (Å²) < 4.78 is 0. The Morgan fingerprint density at radius 2 is 2.27 bits per heavy atom. The van der Waals surface area contributed by atoms with Crippen molar-refractivity contribution >= 4 is 16.6 Å². The highest BCUT2D eigenvalue weighted by Gasteiger charge is 2.00. The van der Waals surface area contributed by atoms with Gasteiger partial charge >= 0.3 is 0 Å². The Morgan fingerprint density at radius 1 is 1.33 bits per heavy atom. The van der Waals surface area contributed by atoms with Crippen molar-refractivity contribution in [3.05, 3.63) is 24.4 Å². The summed E-state index contributed by atoms with van der Waals surface area (Å²) in [7, 11) is 0. The van der Waals surface area contributed by atoms with E-state index in [1.807, 2.05) is 6.20 Å². The molecule has 2 rings (SSSR count). The molecular formula is C12H17N3. The zero-order valence-electron chi connectivity index (χ0n) is 9.09. The number of benzene rings is 1. The van der Waals surface area contributed by atoms with Gasteiger partial charge < -0.3 is 5.32 Å². The molecule has 80 valence electrons. The molecule has 2 aromatic rings. The summed E-state index contributed by atoms with van der Waals surface area (Å²) in [6.45, 7) is 3.25. The number of hydrogen-bond donors (Lipinski definition) is 2. The van der Waals surface area contributed by atoms with Gasteiger partial charge in [0.05, 0.1) is 17.4 Å². The van der Waals surface area contributed by atoms with E-state index < -0.39 is 0 Å². The van der Waals surface area contributed by atoms with Crippen LogP contribution in [0.3, 0.4) is 0 Å². The average Bonchev–Trinajstić information content (AvgIpc) is 2.73. The van der Waals surface area contributed by atoms with Crippen LogP contribution in [0, 0.1) is 0 Å². The summed E-state index contributed by atoms with van der Waals surface area (Å²) in [5, 5.41) is 11.7. The summed E-state index contributed by atoms with van der Waals surface area (Å²) >= 11 is 0. The third-order valence-corrected chi connectivity index (χ3v) is 2.57. The fourth-order valence-corrected chi connectivity index (χ4v) is 1.71. The number of hydrogen-bond acceptors (Lipinski definition) is 2. The van der Waals surface area contributed by atoms with Gasteiger partial charge in [-0.3, -0.25) is 5.10 Å². The molecule has 0 bridgehead atoms. The van der Waals surface area contributed by atoms with Crippen LogP contribution in [0.1, 0.15) is 26.2 Å². The van der Waals surface area contributed by atoms with Crippen molar-refractivity contribution in [2.24, 2.45) is 0 Å². The first-order chi connectivity index (χ1) is 7.42. The second kappa shape index (κ2) is 4.82. The number of unbranched alkanes of at least 4 members (excludes halogenated alkanes) is 2. The smallest absolute Gasteiger partial charge is 0.0881 e. The van der Waals surface area contributed by atoms with Crippen molar-refractivity contribution in [1.82, 2.24) is 10.2 Å². The van der Waals surface area contributed by atoms with Crippen molar-refractivity contribution in [3.63, 3.8) is 0 Å². The number of para-hydroxylation sites is 1. The number of aromatic nitrogens is 2. The lowest BCUT2D eigenvalue weighted by Crippen LogP contribution is -2.01. The third kappa shape index (κ3) is 2.29. The Hall–Kier alpha value is -1.51. The van der Waals surface area contributed by atoms with Gasteiger partial charge in [0.1, 0.15) is 0 Å². The van der Waals surface area contributed by atoms with Crippen LogP contribution < -0.4 is 5.32 Å². The fourth-order valence-electron chi connectivity index (χ4n) is 1.71. The summed E-state index contributed by atoms with van der Waals surface area (Å²) in [5.74, 6) is 0. The van der Waals surface area contributed by atoms with Crippen molar-refractivity contribution in [1.29, 1.82) is 0 Å². The third-order valence-electron chi connectivity index (χ3n) is 2.57. The van der Waals surface area contributed by atoms with Crippen molar-refractivity contribution in [3.8, 4) is 0 Å². The van der Waals surface area contributed by atoms with E-state index in [0.717, 1.165) is 23.1 Å². The van der Waals surface area contributed by atoms with Gasteiger partial charge in [0, 0.05) is 11.9 Å². The first-order valence-corrected chi connectivity index (χ1v) is 5.58. The highest BCUT2D eigenvalue weighted by Crippen LogP contribution is 2.20. The van der Waals surface area contributed by atoms with E-state index in [4.69, 9.17) is 0 Å². The van der Waals surface area contributed by atoms with Gasteiger partial charge in [-0.1, -0.05) is 31.9 Å². The van der Waals surface area contributed by atoms with Gasteiger partial charge in [-0.2, -0.15) is 5.10 Å². The Labute approximate surface area is 89.9 Å². The van der Waals surface area contributed by atoms with Crippen LogP contribution in [0.5, 0.6) is 0 Å². The zero-order chi connectivity index (χ0) is 10.5. The molecule has 0 amide bonds. The number of aromatic amines is 1. The number of nitrogens with one attached hydrogen (secondary N) is 2. The number of nitrogens with zero attached hydrogens (tertiary/aromatic N) is 1. The highest BCUT2D eigenvalue weighted by molar-refractivity contribution is 5.89. The lowest BCUT2D eigenvalue weighted by molar-refractivity contribution is 0.744. The maximum atomic E-state index is 4.04. The molecule has 0 aliphatic carbocycles. The van der Waals surface area contributed by atoms with Crippen LogP contribution in [0.15, 0.2) is 24.4 Å². The normalized spacial score (nSPS) is 10.7. The predicted molar refractivity (Wildman–Crippen MR) is 64.1 cm³/mol. The minimum absolute atomic E-state index is 1.03. The number of anilines is 1. The lowest BCUT2D eigenvalue weighted by Gasteiger charge is -2.06. The molecule has 0 fully saturated rings. The number of fused-ring (bicyclic) bond motifs is 1. The van der Waals surface area contributed by atoms with Crippen LogP contribution >= 0.6 is 0 Å². The molecule has 1 heterocycles. The Morgan fingerprint density at radius 3 is 3.13 bits per heavy atom. The second-order valence-corrected chi connectivity index (χ2v) is 3.77. The quantitative estimate of drug-likeness (QED) is 0.733.